The number of amides is 1. The molecule has 0 aliphatic heterocycles. The summed E-state index contributed by atoms with van der Waals surface area (Å²) in [5, 5.41) is 5.68. The molecule has 2 aromatic rings. The van der Waals surface area contributed by atoms with Gasteiger partial charge in [-0.3, -0.25) is 10.1 Å². The van der Waals surface area contributed by atoms with E-state index in [9.17, 15) is 4.79 Å². The molecule has 1 aromatic heterocycles. The van der Waals surface area contributed by atoms with Crippen molar-refractivity contribution in [3.63, 3.8) is 0 Å². The van der Waals surface area contributed by atoms with Crippen molar-refractivity contribution in [1.82, 2.24) is 10.3 Å². The number of aryl methyl sites for hydroxylation is 1. The average Bonchev–Trinajstić information content (AvgIpc) is 2.42. The highest BCUT2D eigenvalue weighted by molar-refractivity contribution is 9.10. The Morgan fingerprint density at radius 1 is 1.20 bits per heavy atom. The molecule has 1 aromatic carbocycles. The van der Waals surface area contributed by atoms with Gasteiger partial charge in [-0.1, -0.05) is 22.0 Å². The van der Waals surface area contributed by atoms with Gasteiger partial charge >= 0.3 is 0 Å². The molecule has 2 N–H and O–H groups in total. The predicted octanol–water partition coefficient (Wildman–Crippen LogP) is 3.28. The first-order valence-corrected chi connectivity index (χ1v) is 7.05. The number of carbonyl (C=O) groups excluding carboxylic acids is 1. The normalized spacial score (nSPS) is 9.90. The zero-order valence-electron chi connectivity index (χ0n) is 10.7. The second-order valence-electron chi connectivity index (χ2n) is 4.14. The molecule has 1 amide bonds. The van der Waals surface area contributed by atoms with Crippen LogP contribution in [0.3, 0.4) is 0 Å². The fourth-order valence-electron chi connectivity index (χ4n) is 1.47. The molecular weight excluding hydrogens is 338 g/mol. The van der Waals surface area contributed by atoms with Crippen molar-refractivity contribution >= 4 is 45.0 Å². The third-order valence-electron chi connectivity index (χ3n) is 2.49. The van der Waals surface area contributed by atoms with E-state index in [1.807, 2.05) is 13.0 Å². The minimum atomic E-state index is -0.262. The summed E-state index contributed by atoms with van der Waals surface area (Å²) in [6, 6.07) is 10.7. The number of hydrogen-bond acceptors (Lipinski definition) is 3. The molecule has 0 fully saturated rings. The Morgan fingerprint density at radius 3 is 2.50 bits per heavy atom. The largest absolute Gasteiger partial charge is 0.317 e. The quantitative estimate of drug-likeness (QED) is 0.817. The van der Waals surface area contributed by atoms with Gasteiger partial charge < -0.3 is 5.32 Å². The van der Waals surface area contributed by atoms with Crippen molar-refractivity contribution in [1.29, 1.82) is 0 Å². The topological polar surface area (TPSA) is 54.0 Å². The van der Waals surface area contributed by atoms with Crippen LogP contribution in [0.4, 0.5) is 5.82 Å². The summed E-state index contributed by atoms with van der Waals surface area (Å²) < 4.78 is 0.915. The molecule has 6 heteroatoms. The van der Waals surface area contributed by atoms with Crippen LogP contribution in [0.25, 0.3) is 0 Å². The lowest BCUT2D eigenvalue weighted by molar-refractivity contribution is 0.0977. The molecule has 0 aliphatic carbocycles. The average molecular weight is 350 g/mol. The van der Waals surface area contributed by atoms with Crippen molar-refractivity contribution in [2.75, 3.05) is 5.32 Å². The van der Waals surface area contributed by atoms with E-state index in [0.717, 1.165) is 10.0 Å². The first-order chi connectivity index (χ1) is 9.54. The molecule has 0 bridgehead atoms. The van der Waals surface area contributed by atoms with Crippen LogP contribution in [0.15, 0.2) is 47.1 Å². The van der Waals surface area contributed by atoms with Crippen LogP contribution < -0.4 is 10.6 Å². The van der Waals surface area contributed by atoms with Crippen molar-refractivity contribution in [3.8, 4) is 0 Å². The number of nitrogens with zero attached hydrogens (tertiary/aromatic N) is 1. The molecule has 0 aliphatic rings. The fraction of sp³-hybridized carbons (Fsp3) is 0.0714. The van der Waals surface area contributed by atoms with Gasteiger partial charge in [-0.05, 0) is 55.0 Å². The van der Waals surface area contributed by atoms with Gasteiger partial charge in [0.1, 0.15) is 5.82 Å². The number of anilines is 1. The number of thiocarbonyl (C=S) groups is 1. The molecule has 102 valence electrons. The lowest BCUT2D eigenvalue weighted by Crippen LogP contribution is -2.34. The van der Waals surface area contributed by atoms with Crippen LogP contribution in [-0.2, 0) is 0 Å². The van der Waals surface area contributed by atoms with Gasteiger partial charge in [0.15, 0.2) is 5.11 Å². The van der Waals surface area contributed by atoms with Crippen LogP contribution in [0.5, 0.6) is 0 Å². The maximum Gasteiger partial charge on any atom is 0.257 e. The maximum absolute atomic E-state index is 11.9. The van der Waals surface area contributed by atoms with E-state index in [4.69, 9.17) is 12.2 Å². The zero-order chi connectivity index (χ0) is 14.5. The zero-order valence-corrected chi connectivity index (χ0v) is 13.1. The van der Waals surface area contributed by atoms with E-state index < -0.39 is 0 Å². The van der Waals surface area contributed by atoms with Crippen molar-refractivity contribution in [2.24, 2.45) is 0 Å². The van der Waals surface area contributed by atoms with Gasteiger partial charge in [-0.2, -0.15) is 0 Å². The summed E-state index contributed by atoms with van der Waals surface area (Å²) in [7, 11) is 0. The Balaban J connectivity index is 1.95. The third kappa shape index (κ3) is 4.11. The maximum atomic E-state index is 11.9. The number of halogens is 1. The molecule has 4 nitrogen and oxygen atoms in total. The molecule has 0 atom stereocenters. The minimum Gasteiger partial charge on any atom is -0.317 e. The van der Waals surface area contributed by atoms with Crippen LogP contribution in [-0.4, -0.2) is 16.0 Å². The van der Waals surface area contributed by atoms with Gasteiger partial charge in [0.2, 0.25) is 0 Å². The van der Waals surface area contributed by atoms with Gasteiger partial charge in [-0.25, -0.2) is 4.98 Å². The summed E-state index contributed by atoms with van der Waals surface area (Å²) in [5.74, 6) is 0.332. The highest BCUT2D eigenvalue weighted by atomic mass is 79.9. The van der Waals surface area contributed by atoms with Crippen molar-refractivity contribution in [2.45, 2.75) is 6.92 Å². The van der Waals surface area contributed by atoms with Gasteiger partial charge in [0.25, 0.3) is 5.91 Å². The first-order valence-electron chi connectivity index (χ1n) is 5.85. The second-order valence-corrected chi connectivity index (χ2v) is 5.46. The Bertz CT molecular complexity index is 626. The molecule has 0 radical (unpaired) electrons. The Hall–Kier alpha value is -1.79. The van der Waals surface area contributed by atoms with Crippen LogP contribution in [0, 0.1) is 6.92 Å². The molecule has 0 saturated heterocycles. The molecule has 20 heavy (non-hydrogen) atoms. The van der Waals surface area contributed by atoms with Crippen molar-refractivity contribution in [3.05, 3.63) is 58.2 Å². The van der Waals surface area contributed by atoms with E-state index in [2.05, 4.69) is 31.5 Å². The van der Waals surface area contributed by atoms with Crippen LogP contribution >= 0.6 is 28.1 Å². The number of aromatic nitrogens is 1. The second kappa shape index (κ2) is 6.58. The van der Waals surface area contributed by atoms with E-state index >= 15 is 0 Å². The Kier molecular flexibility index (Phi) is 4.81. The van der Waals surface area contributed by atoms with E-state index in [-0.39, 0.29) is 11.0 Å². The smallest absolute Gasteiger partial charge is 0.257 e. The summed E-state index contributed by atoms with van der Waals surface area (Å²) in [4.78, 5) is 16.1. The van der Waals surface area contributed by atoms with E-state index in [1.54, 1.807) is 36.5 Å². The summed E-state index contributed by atoms with van der Waals surface area (Å²) in [6.07, 6.45) is 1.72. The SMILES string of the molecule is Cc1ccc(NC(=S)NC(=O)c2ccc(Br)cc2)nc1. The van der Waals surface area contributed by atoms with E-state index in [1.165, 1.54) is 0 Å². The fourth-order valence-corrected chi connectivity index (χ4v) is 1.93. The number of pyridine rings is 1. The summed E-state index contributed by atoms with van der Waals surface area (Å²) >= 11 is 8.40. The Labute approximate surface area is 130 Å². The number of benzene rings is 1. The summed E-state index contributed by atoms with van der Waals surface area (Å²) in [6.45, 7) is 1.95. The van der Waals surface area contributed by atoms with Crippen LogP contribution in [0.1, 0.15) is 15.9 Å². The summed E-state index contributed by atoms with van der Waals surface area (Å²) in [5.41, 5.74) is 1.59. The number of nitrogens with one attached hydrogen (secondary N) is 2. The molecular formula is C14H12BrN3OS. The minimum absolute atomic E-state index is 0.217. The number of hydrogen-bond donors (Lipinski definition) is 2. The van der Waals surface area contributed by atoms with Crippen LogP contribution in [0.2, 0.25) is 0 Å². The standard InChI is InChI=1S/C14H12BrN3OS/c1-9-2-7-12(16-8-9)17-14(20)18-13(19)10-3-5-11(15)6-4-10/h2-8H,1H3,(H2,16,17,18,19,20). The number of carbonyl (C=O) groups is 1. The predicted molar refractivity (Wildman–Crippen MR) is 86.8 cm³/mol. The van der Waals surface area contributed by atoms with E-state index in [0.29, 0.717) is 11.4 Å². The first kappa shape index (κ1) is 14.6. The molecule has 0 unspecified atom stereocenters. The molecule has 0 spiro atoms. The highest BCUT2D eigenvalue weighted by Crippen LogP contribution is 2.10. The molecule has 1 heterocycles. The number of rotatable bonds is 2. The molecule has 0 saturated carbocycles. The van der Waals surface area contributed by atoms with Gasteiger partial charge in [0, 0.05) is 16.2 Å². The lowest BCUT2D eigenvalue weighted by atomic mass is 10.2. The van der Waals surface area contributed by atoms with Crippen molar-refractivity contribution < 1.29 is 4.79 Å². The monoisotopic (exact) mass is 349 g/mol. The lowest BCUT2D eigenvalue weighted by Gasteiger charge is -2.09. The van der Waals surface area contributed by atoms with Gasteiger partial charge in [0.05, 0.1) is 0 Å². The highest BCUT2D eigenvalue weighted by Gasteiger charge is 2.07. The third-order valence-corrected chi connectivity index (χ3v) is 3.22. The van der Waals surface area contributed by atoms with Gasteiger partial charge in [-0.15, -0.1) is 0 Å². The Morgan fingerprint density at radius 2 is 1.90 bits per heavy atom. The molecule has 2 rings (SSSR count).